The Morgan fingerprint density at radius 2 is 1.39 bits per heavy atom. The summed E-state index contributed by atoms with van der Waals surface area (Å²) in [4.78, 5) is 0. The minimum atomic E-state index is -1.24. The van der Waals surface area contributed by atoms with Gasteiger partial charge in [-0.2, -0.15) is 0 Å². The number of rotatable bonds is 2. The Morgan fingerprint density at radius 3 is 1.94 bits per heavy atom. The first kappa shape index (κ1) is 13.3. The Kier molecular flexibility index (Phi) is 3.62. The minimum absolute atomic E-state index is 0.428. The van der Waals surface area contributed by atoms with Gasteiger partial charge in [-0.15, -0.1) is 0 Å². The van der Waals surface area contributed by atoms with Crippen molar-refractivity contribution in [3.8, 4) is 0 Å². The van der Waals surface area contributed by atoms with Gasteiger partial charge in [0.1, 0.15) is 0 Å². The van der Waals surface area contributed by atoms with Crippen molar-refractivity contribution in [3.05, 3.63) is 58.6 Å². The summed E-state index contributed by atoms with van der Waals surface area (Å²) in [7, 11) is 0. The Hall–Kier alpha value is -1.09. The molecule has 2 aromatic carbocycles. The lowest BCUT2D eigenvalue weighted by Gasteiger charge is -2.22. The van der Waals surface area contributed by atoms with Gasteiger partial charge in [-0.3, -0.25) is 0 Å². The van der Waals surface area contributed by atoms with Gasteiger partial charge in [-0.1, -0.05) is 53.0 Å². The third-order valence-electron chi connectivity index (χ3n) is 2.60. The van der Waals surface area contributed by atoms with Crippen molar-refractivity contribution in [2.75, 3.05) is 11.5 Å². The summed E-state index contributed by atoms with van der Waals surface area (Å²) in [5.74, 6) is 0. The average Bonchev–Trinajstić information content (AvgIpc) is 2.29. The summed E-state index contributed by atoms with van der Waals surface area (Å²) in [5.41, 5.74) is 13.8. The quantitative estimate of drug-likeness (QED) is 0.645. The van der Waals surface area contributed by atoms with Crippen LogP contribution in [0, 0.1) is 0 Å². The van der Waals surface area contributed by atoms with E-state index in [0.29, 0.717) is 27.5 Å². The van der Waals surface area contributed by atoms with Gasteiger partial charge in [-0.05, 0) is 29.8 Å². The first-order chi connectivity index (χ1) is 8.41. The van der Waals surface area contributed by atoms with Crippen molar-refractivity contribution in [3.63, 3.8) is 0 Å². The molecule has 0 saturated heterocycles. The van der Waals surface area contributed by atoms with Crippen LogP contribution >= 0.6 is 34.8 Å². The standard InChI is InChI=1S/C13H11Cl3N2/c14-12-7-10(18)5-6-11(12)13(15,16)8-1-3-9(17)4-2-8/h1-7H,17-18H2. The van der Waals surface area contributed by atoms with Crippen LogP contribution < -0.4 is 11.5 Å². The normalized spacial score (nSPS) is 11.5. The highest BCUT2D eigenvalue weighted by Crippen LogP contribution is 2.44. The molecule has 0 spiro atoms. The van der Waals surface area contributed by atoms with Gasteiger partial charge < -0.3 is 11.5 Å². The summed E-state index contributed by atoms with van der Waals surface area (Å²) >= 11 is 18.9. The van der Waals surface area contributed by atoms with Crippen molar-refractivity contribution >= 4 is 46.2 Å². The van der Waals surface area contributed by atoms with E-state index in [1.54, 1.807) is 42.5 Å². The van der Waals surface area contributed by atoms with Crippen LogP contribution in [0.4, 0.5) is 11.4 Å². The molecule has 0 bridgehead atoms. The number of hydrogen-bond donors (Lipinski definition) is 2. The number of nitrogens with two attached hydrogens (primary N) is 2. The van der Waals surface area contributed by atoms with E-state index >= 15 is 0 Å². The molecule has 94 valence electrons. The number of anilines is 2. The van der Waals surface area contributed by atoms with Crippen LogP contribution in [0.5, 0.6) is 0 Å². The van der Waals surface area contributed by atoms with Crippen LogP contribution in [-0.2, 0) is 4.33 Å². The van der Waals surface area contributed by atoms with E-state index in [1.807, 2.05) is 0 Å². The number of alkyl halides is 2. The number of benzene rings is 2. The van der Waals surface area contributed by atoms with E-state index in [2.05, 4.69) is 0 Å². The molecule has 0 heterocycles. The Balaban J connectivity index is 2.50. The molecule has 0 amide bonds. The molecule has 0 unspecified atom stereocenters. The summed E-state index contributed by atoms with van der Waals surface area (Å²) in [6.45, 7) is 0. The zero-order valence-corrected chi connectivity index (χ0v) is 11.6. The molecule has 18 heavy (non-hydrogen) atoms. The number of halogens is 3. The topological polar surface area (TPSA) is 52.0 Å². The molecule has 0 aromatic heterocycles. The Labute approximate surface area is 120 Å². The first-order valence-corrected chi connectivity index (χ1v) is 6.34. The van der Waals surface area contributed by atoms with Gasteiger partial charge in [0, 0.05) is 22.0 Å². The second-order valence-electron chi connectivity index (χ2n) is 3.94. The van der Waals surface area contributed by atoms with Crippen LogP contribution in [-0.4, -0.2) is 0 Å². The zero-order chi connectivity index (χ0) is 13.3. The van der Waals surface area contributed by atoms with Crippen LogP contribution in [0.15, 0.2) is 42.5 Å². The first-order valence-electron chi connectivity index (χ1n) is 5.20. The SMILES string of the molecule is Nc1ccc(C(Cl)(Cl)c2ccc(N)cc2Cl)cc1. The Bertz CT molecular complexity index is 565. The second-order valence-corrected chi connectivity index (χ2v) is 5.67. The molecule has 0 aliphatic carbocycles. The molecule has 0 aliphatic heterocycles. The molecular weight excluding hydrogens is 291 g/mol. The van der Waals surface area contributed by atoms with E-state index in [1.165, 1.54) is 0 Å². The van der Waals surface area contributed by atoms with Gasteiger partial charge in [0.05, 0.1) is 0 Å². The monoisotopic (exact) mass is 300 g/mol. The van der Waals surface area contributed by atoms with E-state index in [4.69, 9.17) is 46.3 Å². The molecule has 2 rings (SSSR count). The van der Waals surface area contributed by atoms with E-state index in [-0.39, 0.29) is 0 Å². The molecular formula is C13H11Cl3N2. The van der Waals surface area contributed by atoms with E-state index < -0.39 is 4.33 Å². The van der Waals surface area contributed by atoms with Crippen molar-refractivity contribution in [1.29, 1.82) is 0 Å². The maximum absolute atomic E-state index is 6.40. The number of hydrogen-bond acceptors (Lipinski definition) is 2. The maximum Gasteiger partial charge on any atom is 0.169 e. The molecule has 0 atom stereocenters. The van der Waals surface area contributed by atoms with Crippen molar-refractivity contribution in [1.82, 2.24) is 0 Å². The fourth-order valence-corrected chi connectivity index (χ4v) is 2.64. The zero-order valence-electron chi connectivity index (χ0n) is 9.33. The lowest BCUT2D eigenvalue weighted by molar-refractivity contribution is 1.04. The van der Waals surface area contributed by atoms with Gasteiger partial charge in [0.15, 0.2) is 4.33 Å². The smallest absolute Gasteiger partial charge is 0.169 e. The predicted molar refractivity (Wildman–Crippen MR) is 79.2 cm³/mol. The third kappa shape index (κ3) is 2.51. The molecule has 5 heteroatoms. The van der Waals surface area contributed by atoms with Crippen LogP contribution in [0.25, 0.3) is 0 Å². The highest BCUT2D eigenvalue weighted by molar-refractivity contribution is 6.51. The van der Waals surface area contributed by atoms with Crippen LogP contribution in [0.1, 0.15) is 11.1 Å². The molecule has 0 aliphatic rings. The molecule has 0 radical (unpaired) electrons. The van der Waals surface area contributed by atoms with Gasteiger partial charge >= 0.3 is 0 Å². The van der Waals surface area contributed by atoms with E-state index in [9.17, 15) is 0 Å². The molecule has 2 aromatic rings. The fourth-order valence-electron chi connectivity index (χ4n) is 1.63. The molecule has 2 nitrogen and oxygen atoms in total. The molecule has 0 saturated carbocycles. The van der Waals surface area contributed by atoms with E-state index in [0.717, 1.165) is 0 Å². The summed E-state index contributed by atoms with van der Waals surface area (Å²) in [6.07, 6.45) is 0. The summed E-state index contributed by atoms with van der Waals surface area (Å²) < 4.78 is -1.24. The highest BCUT2D eigenvalue weighted by atomic mass is 35.5. The molecule has 4 N–H and O–H groups in total. The van der Waals surface area contributed by atoms with Gasteiger partial charge in [-0.25, -0.2) is 0 Å². The number of nitrogen functional groups attached to an aromatic ring is 2. The minimum Gasteiger partial charge on any atom is -0.399 e. The largest absolute Gasteiger partial charge is 0.399 e. The summed E-state index contributed by atoms with van der Waals surface area (Å²) in [6, 6.07) is 12.0. The van der Waals surface area contributed by atoms with Crippen LogP contribution in [0.3, 0.4) is 0 Å². The molecule has 0 fully saturated rings. The second kappa shape index (κ2) is 4.88. The van der Waals surface area contributed by atoms with Gasteiger partial charge in [0.25, 0.3) is 0 Å². The highest BCUT2D eigenvalue weighted by Gasteiger charge is 2.31. The third-order valence-corrected chi connectivity index (χ3v) is 3.76. The van der Waals surface area contributed by atoms with Crippen molar-refractivity contribution < 1.29 is 0 Å². The van der Waals surface area contributed by atoms with Crippen LogP contribution in [0.2, 0.25) is 5.02 Å². The Morgan fingerprint density at radius 1 is 0.833 bits per heavy atom. The lowest BCUT2D eigenvalue weighted by Crippen LogP contribution is -2.13. The predicted octanol–water partition coefficient (Wildman–Crippen LogP) is 4.18. The van der Waals surface area contributed by atoms with Crippen molar-refractivity contribution in [2.24, 2.45) is 0 Å². The summed E-state index contributed by atoms with van der Waals surface area (Å²) in [5, 5.41) is 0.428. The fraction of sp³-hybridized carbons (Fsp3) is 0.0769. The van der Waals surface area contributed by atoms with Crippen molar-refractivity contribution in [2.45, 2.75) is 4.33 Å². The maximum atomic E-state index is 6.40. The average molecular weight is 302 g/mol. The van der Waals surface area contributed by atoms with Gasteiger partial charge in [0.2, 0.25) is 0 Å². The lowest BCUT2D eigenvalue weighted by atomic mass is 10.0.